The molecular weight excluding hydrogens is 250 g/mol. The average molecular weight is 265 g/mol. The van der Waals surface area contributed by atoms with Crippen molar-refractivity contribution in [1.29, 1.82) is 0 Å². The number of hydrogen-bond donors (Lipinski definition) is 2. The Bertz CT molecular complexity index is 689. The smallest absolute Gasteiger partial charge is 0.121 e. The third-order valence-corrected chi connectivity index (χ3v) is 3.21. The van der Waals surface area contributed by atoms with Crippen LogP contribution in [0.3, 0.4) is 0 Å². The highest BCUT2D eigenvalue weighted by atomic mass is 16.3. The molecule has 0 saturated heterocycles. The van der Waals surface area contributed by atoms with Gasteiger partial charge < -0.3 is 10.8 Å². The van der Waals surface area contributed by atoms with Crippen LogP contribution in [0.15, 0.2) is 66.9 Å². The van der Waals surface area contributed by atoms with Crippen molar-refractivity contribution in [2.45, 2.75) is 6.10 Å². The molecule has 20 heavy (non-hydrogen) atoms. The van der Waals surface area contributed by atoms with Crippen molar-refractivity contribution in [3.05, 3.63) is 78.1 Å². The lowest BCUT2D eigenvalue weighted by Crippen LogP contribution is -2.08. The van der Waals surface area contributed by atoms with Gasteiger partial charge in [0, 0.05) is 11.9 Å². The van der Waals surface area contributed by atoms with E-state index in [-0.39, 0.29) is 0 Å². The summed E-state index contributed by atoms with van der Waals surface area (Å²) < 4.78 is 1.74. The molecule has 1 heterocycles. The fourth-order valence-corrected chi connectivity index (χ4v) is 2.15. The van der Waals surface area contributed by atoms with Gasteiger partial charge in [-0.05, 0) is 35.9 Å². The van der Waals surface area contributed by atoms with Crippen LogP contribution in [0.4, 0.5) is 5.69 Å². The minimum atomic E-state index is -0.738. The van der Waals surface area contributed by atoms with Gasteiger partial charge in [0.2, 0.25) is 0 Å². The van der Waals surface area contributed by atoms with Crippen molar-refractivity contribution >= 4 is 5.69 Å². The minimum absolute atomic E-state index is 0.678. The number of aliphatic hydroxyl groups is 1. The molecule has 1 aromatic heterocycles. The molecule has 0 radical (unpaired) electrons. The fourth-order valence-electron chi connectivity index (χ4n) is 2.15. The molecule has 100 valence electrons. The van der Waals surface area contributed by atoms with E-state index in [1.54, 1.807) is 23.0 Å². The largest absolute Gasteiger partial charge is 0.399 e. The van der Waals surface area contributed by atoms with Crippen molar-refractivity contribution in [1.82, 2.24) is 9.78 Å². The van der Waals surface area contributed by atoms with Crippen molar-refractivity contribution in [2.24, 2.45) is 0 Å². The fraction of sp³-hybridized carbons (Fsp3) is 0.0625. The molecule has 4 nitrogen and oxygen atoms in total. The average Bonchev–Trinajstić information content (AvgIpc) is 2.97. The van der Waals surface area contributed by atoms with Crippen LogP contribution in [-0.2, 0) is 0 Å². The highest BCUT2D eigenvalue weighted by molar-refractivity contribution is 5.42. The molecule has 0 aliphatic rings. The number of aliphatic hydroxyl groups excluding tert-OH is 1. The van der Waals surface area contributed by atoms with E-state index in [1.165, 1.54) is 0 Å². The van der Waals surface area contributed by atoms with Crippen LogP contribution in [0.1, 0.15) is 17.4 Å². The Morgan fingerprint density at radius 3 is 2.35 bits per heavy atom. The highest BCUT2D eigenvalue weighted by Crippen LogP contribution is 2.24. The maximum atomic E-state index is 10.5. The van der Waals surface area contributed by atoms with Gasteiger partial charge in [-0.25, -0.2) is 4.68 Å². The molecule has 2 aromatic carbocycles. The molecule has 0 aliphatic heterocycles. The second kappa shape index (κ2) is 5.19. The molecule has 0 saturated carbocycles. The number of para-hydroxylation sites is 1. The maximum Gasteiger partial charge on any atom is 0.121 e. The summed E-state index contributed by atoms with van der Waals surface area (Å²) in [6, 6.07) is 18.7. The molecule has 3 aromatic rings. The predicted molar refractivity (Wildman–Crippen MR) is 78.5 cm³/mol. The third-order valence-electron chi connectivity index (χ3n) is 3.21. The summed E-state index contributed by atoms with van der Waals surface area (Å²) in [7, 11) is 0. The van der Waals surface area contributed by atoms with Crippen LogP contribution in [0.5, 0.6) is 0 Å². The second-order valence-corrected chi connectivity index (χ2v) is 4.57. The summed E-state index contributed by atoms with van der Waals surface area (Å²) in [6.45, 7) is 0. The van der Waals surface area contributed by atoms with Crippen LogP contribution in [-0.4, -0.2) is 14.9 Å². The van der Waals surface area contributed by atoms with Gasteiger partial charge in [-0.15, -0.1) is 0 Å². The zero-order chi connectivity index (χ0) is 13.9. The lowest BCUT2D eigenvalue weighted by atomic mass is 10.1. The molecule has 4 heteroatoms. The summed E-state index contributed by atoms with van der Waals surface area (Å²) in [4.78, 5) is 0. The second-order valence-electron chi connectivity index (χ2n) is 4.57. The molecular formula is C16H15N3O. The number of nitrogens with zero attached hydrogens (tertiary/aromatic N) is 2. The Balaban J connectivity index is 1.99. The van der Waals surface area contributed by atoms with Crippen LogP contribution in [0, 0.1) is 0 Å². The number of aromatic nitrogens is 2. The molecule has 0 bridgehead atoms. The zero-order valence-electron chi connectivity index (χ0n) is 10.8. The first kappa shape index (κ1) is 12.4. The first-order chi connectivity index (χ1) is 9.75. The van der Waals surface area contributed by atoms with E-state index in [1.807, 2.05) is 48.5 Å². The highest BCUT2D eigenvalue weighted by Gasteiger charge is 2.16. The van der Waals surface area contributed by atoms with Gasteiger partial charge in [0.05, 0.1) is 11.4 Å². The minimum Gasteiger partial charge on any atom is -0.399 e. The molecule has 3 rings (SSSR count). The predicted octanol–water partition coefficient (Wildman–Crippen LogP) is 2.54. The van der Waals surface area contributed by atoms with E-state index >= 15 is 0 Å². The van der Waals surface area contributed by atoms with Gasteiger partial charge in [0.25, 0.3) is 0 Å². The number of nitrogens with two attached hydrogens (primary N) is 1. The van der Waals surface area contributed by atoms with E-state index in [0.29, 0.717) is 5.69 Å². The summed E-state index contributed by atoms with van der Waals surface area (Å²) in [5.74, 6) is 0. The Morgan fingerprint density at radius 1 is 0.950 bits per heavy atom. The van der Waals surface area contributed by atoms with E-state index < -0.39 is 6.10 Å². The third kappa shape index (κ3) is 2.29. The zero-order valence-corrected chi connectivity index (χ0v) is 10.8. The number of nitrogen functional groups attached to an aromatic ring is 1. The van der Waals surface area contributed by atoms with Gasteiger partial charge >= 0.3 is 0 Å². The first-order valence-corrected chi connectivity index (χ1v) is 6.38. The van der Waals surface area contributed by atoms with Gasteiger partial charge in [-0.1, -0.05) is 30.3 Å². The summed E-state index contributed by atoms with van der Waals surface area (Å²) in [5, 5.41) is 14.8. The van der Waals surface area contributed by atoms with Crippen molar-refractivity contribution in [3.8, 4) is 5.69 Å². The van der Waals surface area contributed by atoms with E-state index in [4.69, 9.17) is 5.73 Å². The molecule has 0 spiro atoms. The SMILES string of the molecule is Nc1ccc(C(O)c2ccnn2-c2ccccc2)cc1. The van der Waals surface area contributed by atoms with Gasteiger partial charge in [0.1, 0.15) is 6.10 Å². The maximum absolute atomic E-state index is 10.5. The Morgan fingerprint density at radius 2 is 1.65 bits per heavy atom. The Kier molecular flexibility index (Phi) is 3.23. The van der Waals surface area contributed by atoms with Gasteiger partial charge in [-0.2, -0.15) is 5.10 Å². The molecule has 3 N–H and O–H groups in total. The van der Waals surface area contributed by atoms with Crippen LogP contribution in [0.25, 0.3) is 5.69 Å². The summed E-state index contributed by atoms with van der Waals surface area (Å²) >= 11 is 0. The van der Waals surface area contributed by atoms with Gasteiger partial charge in [0.15, 0.2) is 0 Å². The Hall–Kier alpha value is -2.59. The van der Waals surface area contributed by atoms with Crippen molar-refractivity contribution < 1.29 is 5.11 Å². The normalized spacial score (nSPS) is 12.2. The summed E-state index contributed by atoms with van der Waals surface area (Å²) in [6.07, 6.45) is 0.946. The molecule has 0 aliphatic carbocycles. The molecule has 1 atom stereocenters. The van der Waals surface area contributed by atoms with Crippen molar-refractivity contribution in [3.63, 3.8) is 0 Å². The van der Waals surface area contributed by atoms with E-state index in [0.717, 1.165) is 16.9 Å². The molecule has 0 amide bonds. The Labute approximate surface area is 117 Å². The lowest BCUT2D eigenvalue weighted by molar-refractivity contribution is 0.212. The van der Waals surface area contributed by atoms with Crippen LogP contribution < -0.4 is 5.73 Å². The monoisotopic (exact) mass is 265 g/mol. The number of anilines is 1. The number of hydrogen-bond acceptors (Lipinski definition) is 3. The van der Waals surface area contributed by atoms with Gasteiger partial charge in [-0.3, -0.25) is 0 Å². The quantitative estimate of drug-likeness (QED) is 0.715. The topological polar surface area (TPSA) is 64.1 Å². The van der Waals surface area contributed by atoms with Crippen LogP contribution in [0.2, 0.25) is 0 Å². The van der Waals surface area contributed by atoms with Crippen LogP contribution >= 0.6 is 0 Å². The molecule has 1 unspecified atom stereocenters. The molecule has 0 fully saturated rings. The standard InChI is InChI=1S/C16H15N3O/c17-13-8-6-12(7-9-13)16(20)15-10-11-18-19(15)14-4-2-1-3-5-14/h1-11,16,20H,17H2. The number of benzene rings is 2. The van der Waals surface area contributed by atoms with Crippen molar-refractivity contribution in [2.75, 3.05) is 5.73 Å². The van der Waals surface area contributed by atoms with E-state index in [9.17, 15) is 5.11 Å². The summed E-state index contributed by atoms with van der Waals surface area (Å²) in [5.41, 5.74) is 8.78. The lowest BCUT2D eigenvalue weighted by Gasteiger charge is -2.14. The van der Waals surface area contributed by atoms with E-state index in [2.05, 4.69) is 5.10 Å². The number of rotatable bonds is 3. The first-order valence-electron chi connectivity index (χ1n) is 6.38.